The summed E-state index contributed by atoms with van der Waals surface area (Å²) < 4.78 is 4.47. The molecule has 0 spiro atoms. The molecule has 74 valence electrons. The molecule has 3 heteroatoms. The van der Waals surface area contributed by atoms with Crippen LogP contribution >= 0.6 is 0 Å². The number of esters is 1. The number of hydrogen-bond acceptors (Lipinski definition) is 3. The van der Waals surface area contributed by atoms with Gasteiger partial charge in [0.05, 0.1) is 7.11 Å². The van der Waals surface area contributed by atoms with E-state index in [-0.39, 0.29) is 0 Å². The van der Waals surface area contributed by atoms with Gasteiger partial charge in [0.15, 0.2) is 0 Å². The summed E-state index contributed by atoms with van der Waals surface area (Å²) in [4.78, 5) is 21.4. The summed E-state index contributed by atoms with van der Waals surface area (Å²) in [5, 5.41) is 0. The molecule has 0 fully saturated rings. The van der Waals surface area contributed by atoms with Gasteiger partial charge >= 0.3 is 5.97 Å². The number of methoxy groups -OCH3 is 1. The standard InChI is InChI=1S/C10H16O3/c1-8(2)5-4-6-9(7-11)10(12)13-3/h5,7,9H,4,6H2,1-3H3. The zero-order valence-electron chi connectivity index (χ0n) is 8.37. The van der Waals surface area contributed by atoms with Crippen molar-refractivity contribution >= 4 is 12.3 Å². The molecule has 0 bridgehead atoms. The summed E-state index contributed by atoms with van der Waals surface area (Å²) in [7, 11) is 1.29. The fourth-order valence-electron chi connectivity index (χ4n) is 0.944. The van der Waals surface area contributed by atoms with Gasteiger partial charge in [0.2, 0.25) is 0 Å². The Morgan fingerprint density at radius 1 is 1.46 bits per heavy atom. The molecule has 0 aromatic carbocycles. The van der Waals surface area contributed by atoms with Crippen molar-refractivity contribution in [1.82, 2.24) is 0 Å². The molecule has 0 saturated carbocycles. The Morgan fingerprint density at radius 2 is 2.08 bits per heavy atom. The van der Waals surface area contributed by atoms with E-state index in [4.69, 9.17) is 0 Å². The fourth-order valence-corrected chi connectivity index (χ4v) is 0.944. The van der Waals surface area contributed by atoms with Gasteiger partial charge in [-0.25, -0.2) is 0 Å². The first-order valence-corrected chi connectivity index (χ1v) is 4.28. The Balaban J connectivity index is 3.93. The van der Waals surface area contributed by atoms with Crippen LogP contribution in [-0.4, -0.2) is 19.4 Å². The molecule has 0 N–H and O–H groups in total. The van der Waals surface area contributed by atoms with Crippen LogP contribution in [0.15, 0.2) is 11.6 Å². The lowest BCUT2D eigenvalue weighted by atomic mass is 10.0. The molecule has 3 nitrogen and oxygen atoms in total. The number of hydrogen-bond donors (Lipinski definition) is 0. The van der Waals surface area contributed by atoms with Gasteiger partial charge in [0.1, 0.15) is 12.2 Å². The molecule has 13 heavy (non-hydrogen) atoms. The minimum atomic E-state index is -0.611. The SMILES string of the molecule is COC(=O)C(C=O)CCC=C(C)C. The van der Waals surface area contributed by atoms with Crippen LogP contribution in [0.2, 0.25) is 0 Å². The van der Waals surface area contributed by atoms with Crippen molar-refractivity contribution in [2.75, 3.05) is 7.11 Å². The van der Waals surface area contributed by atoms with Crippen molar-refractivity contribution in [3.63, 3.8) is 0 Å². The fraction of sp³-hybridized carbons (Fsp3) is 0.600. The van der Waals surface area contributed by atoms with Crippen molar-refractivity contribution in [3.05, 3.63) is 11.6 Å². The van der Waals surface area contributed by atoms with E-state index in [1.54, 1.807) is 0 Å². The highest BCUT2D eigenvalue weighted by atomic mass is 16.5. The third kappa shape index (κ3) is 5.17. The van der Waals surface area contributed by atoms with Crippen molar-refractivity contribution in [2.24, 2.45) is 5.92 Å². The molecular weight excluding hydrogens is 168 g/mol. The van der Waals surface area contributed by atoms with Gasteiger partial charge in [-0.2, -0.15) is 0 Å². The van der Waals surface area contributed by atoms with E-state index in [2.05, 4.69) is 4.74 Å². The normalized spacial score (nSPS) is 11.6. The minimum Gasteiger partial charge on any atom is -0.468 e. The van der Waals surface area contributed by atoms with E-state index in [1.165, 1.54) is 12.7 Å². The van der Waals surface area contributed by atoms with Crippen molar-refractivity contribution in [2.45, 2.75) is 26.7 Å². The van der Waals surface area contributed by atoms with Crippen LogP contribution in [0.25, 0.3) is 0 Å². The van der Waals surface area contributed by atoms with E-state index in [0.717, 1.165) is 6.42 Å². The zero-order valence-corrected chi connectivity index (χ0v) is 8.37. The second kappa shape index (κ2) is 6.40. The molecule has 0 amide bonds. The molecule has 0 saturated heterocycles. The van der Waals surface area contributed by atoms with E-state index < -0.39 is 11.9 Å². The predicted octanol–water partition coefficient (Wildman–Crippen LogP) is 1.72. The molecule has 0 rings (SSSR count). The van der Waals surface area contributed by atoms with Crippen LogP contribution in [0.1, 0.15) is 26.7 Å². The summed E-state index contributed by atoms with van der Waals surface area (Å²) in [5.74, 6) is -1.06. The van der Waals surface area contributed by atoms with Crippen LogP contribution in [0.4, 0.5) is 0 Å². The largest absolute Gasteiger partial charge is 0.468 e. The molecule has 0 aromatic heterocycles. The van der Waals surface area contributed by atoms with Gasteiger partial charge in [-0.3, -0.25) is 4.79 Å². The topological polar surface area (TPSA) is 43.4 Å². The quantitative estimate of drug-likeness (QED) is 0.283. The maximum atomic E-state index is 10.9. The van der Waals surface area contributed by atoms with E-state index in [1.807, 2.05) is 19.9 Å². The van der Waals surface area contributed by atoms with Crippen molar-refractivity contribution < 1.29 is 14.3 Å². The molecule has 0 aliphatic rings. The summed E-state index contributed by atoms with van der Waals surface area (Å²) >= 11 is 0. The van der Waals surface area contributed by atoms with Gasteiger partial charge in [-0.15, -0.1) is 0 Å². The maximum Gasteiger partial charge on any atom is 0.315 e. The van der Waals surface area contributed by atoms with E-state index in [0.29, 0.717) is 12.7 Å². The van der Waals surface area contributed by atoms with E-state index >= 15 is 0 Å². The first-order valence-electron chi connectivity index (χ1n) is 4.28. The van der Waals surface area contributed by atoms with Gasteiger partial charge < -0.3 is 9.53 Å². The summed E-state index contributed by atoms with van der Waals surface area (Å²) in [5.41, 5.74) is 1.19. The lowest BCUT2D eigenvalue weighted by Crippen LogP contribution is -2.17. The average molecular weight is 184 g/mol. The minimum absolute atomic E-state index is 0.447. The average Bonchev–Trinajstić information content (AvgIpc) is 2.11. The highest BCUT2D eigenvalue weighted by Crippen LogP contribution is 2.07. The first kappa shape index (κ1) is 11.9. The number of carbonyl (C=O) groups excluding carboxylic acids is 2. The molecule has 1 unspecified atom stereocenters. The van der Waals surface area contributed by atoms with E-state index in [9.17, 15) is 9.59 Å². The second-order valence-electron chi connectivity index (χ2n) is 3.12. The Morgan fingerprint density at radius 3 is 2.46 bits per heavy atom. The summed E-state index contributed by atoms with van der Waals surface area (Å²) in [6.45, 7) is 3.96. The smallest absolute Gasteiger partial charge is 0.315 e. The maximum absolute atomic E-state index is 10.9. The third-order valence-corrected chi connectivity index (χ3v) is 1.70. The van der Waals surface area contributed by atoms with Crippen LogP contribution < -0.4 is 0 Å². The highest BCUT2D eigenvalue weighted by Gasteiger charge is 2.16. The molecule has 1 atom stereocenters. The Bertz CT molecular complexity index is 202. The van der Waals surface area contributed by atoms with Crippen molar-refractivity contribution in [3.8, 4) is 0 Å². The van der Waals surface area contributed by atoms with Gasteiger partial charge in [0.25, 0.3) is 0 Å². The molecule has 0 radical (unpaired) electrons. The Labute approximate surface area is 78.8 Å². The summed E-state index contributed by atoms with van der Waals surface area (Å²) in [6.07, 6.45) is 3.91. The Kier molecular flexibility index (Phi) is 5.85. The van der Waals surface area contributed by atoms with Gasteiger partial charge in [-0.05, 0) is 26.7 Å². The number of allylic oxidation sites excluding steroid dienone is 2. The number of aldehydes is 1. The molecule has 0 heterocycles. The van der Waals surface area contributed by atoms with Crippen LogP contribution in [-0.2, 0) is 14.3 Å². The Hall–Kier alpha value is -1.12. The van der Waals surface area contributed by atoms with Crippen molar-refractivity contribution in [1.29, 1.82) is 0 Å². The number of rotatable bonds is 5. The molecule has 0 aliphatic carbocycles. The lowest BCUT2D eigenvalue weighted by molar-refractivity contribution is -0.147. The summed E-state index contributed by atoms with van der Waals surface area (Å²) in [6, 6.07) is 0. The van der Waals surface area contributed by atoms with Gasteiger partial charge in [-0.1, -0.05) is 11.6 Å². The molecule has 0 aromatic rings. The highest BCUT2D eigenvalue weighted by molar-refractivity contribution is 5.87. The molecular formula is C10H16O3. The van der Waals surface area contributed by atoms with Crippen LogP contribution in [0.5, 0.6) is 0 Å². The lowest BCUT2D eigenvalue weighted by Gasteiger charge is -2.05. The first-order chi connectivity index (χ1) is 6.11. The monoisotopic (exact) mass is 184 g/mol. The molecule has 0 aliphatic heterocycles. The second-order valence-corrected chi connectivity index (χ2v) is 3.12. The predicted molar refractivity (Wildman–Crippen MR) is 50.2 cm³/mol. The number of carbonyl (C=O) groups is 2. The third-order valence-electron chi connectivity index (χ3n) is 1.70. The van der Waals surface area contributed by atoms with Gasteiger partial charge in [0, 0.05) is 0 Å². The number of ether oxygens (including phenoxy) is 1. The zero-order chi connectivity index (χ0) is 10.3. The van der Waals surface area contributed by atoms with Crippen LogP contribution in [0, 0.1) is 5.92 Å². The van der Waals surface area contributed by atoms with Crippen LogP contribution in [0.3, 0.4) is 0 Å².